The SMILES string of the molecule is CC(=O)[C@@H]1CC[C@]2(C)[C@@H](C)C(=O)C[C@]2(C)[C@H]1C. The number of hydrogen-bond donors (Lipinski definition) is 0. The van der Waals surface area contributed by atoms with Gasteiger partial charge in [-0.3, -0.25) is 9.59 Å². The first-order valence-corrected chi connectivity index (χ1v) is 6.77. The molecule has 0 aliphatic heterocycles. The van der Waals surface area contributed by atoms with Gasteiger partial charge in [0, 0.05) is 18.3 Å². The minimum absolute atomic E-state index is 0.0120. The van der Waals surface area contributed by atoms with E-state index in [1.807, 2.05) is 0 Å². The van der Waals surface area contributed by atoms with Crippen molar-refractivity contribution < 1.29 is 9.59 Å². The topological polar surface area (TPSA) is 34.1 Å². The molecule has 0 unspecified atom stereocenters. The van der Waals surface area contributed by atoms with Gasteiger partial charge in [0.15, 0.2) is 0 Å². The van der Waals surface area contributed by atoms with Crippen molar-refractivity contribution in [3.8, 4) is 0 Å². The molecule has 2 rings (SSSR count). The van der Waals surface area contributed by atoms with Crippen LogP contribution in [-0.4, -0.2) is 11.6 Å². The van der Waals surface area contributed by atoms with Crippen molar-refractivity contribution in [1.29, 1.82) is 0 Å². The highest BCUT2D eigenvalue weighted by molar-refractivity contribution is 5.86. The van der Waals surface area contributed by atoms with Crippen LogP contribution in [-0.2, 0) is 9.59 Å². The fourth-order valence-electron chi connectivity index (χ4n) is 4.45. The quantitative estimate of drug-likeness (QED) is 0.700. The van der Waals surface area contributed by atoms with Crippen LogP contribution in [0, 0.1) is 28.6 Å². The molecule has 0 aromatic rings. The molecule has 0 spiro atoms. The van der Waals surface area contributed by atoms with Gasteiger partial charge in [0.25, 0.3) is 0 Å². The lowest BCUT2D eigenvalue weighted by atomic mass is 9.50. The Morgan fingerprint density at radius 3 is 2.35 bits per heavy atom. The molecule has 0 radical (unpaired) electrons. The highest BCUT2D eigenvalue weighted by atomic mass is 16.1. The maximum Gasteiger partial charge on any atom is 0.136 e. The minimum Gasteiger partial charge on any atom is -0.300 e. The number of carbonyl (C=O) groups excluding carboxylic acids is 2. The lowest BCUT2D eigenvalue weighted by molar-refractivity contribution is -0.131. The lowest BCUT2D eigenvalue weighted by Gasteiger charge is -2.53. The van der Waals surface area contributed by atoms with E-state index in [1.165, 1.54) is 0 Å². The Labute approximate surface area is 104 Å². The van der Waals surface area contributed by atoms with Gasteiger partial charge in [-0.2, -0.15) is 0 Å². The number of rotatable bonds is 1. The highest BCUT2D eigenvalue weighted by Crippen LogP contribution is 2.65. The van der Waals surface area contributed by atoms with E-state index >= 15 is 0 Å². The summed E-state index contributed by atoms with van der Waals surface area (Å²) in [5.41, 5.74) is 0.105. The van der Waals surface area contributed by atoms with E-state index in [2.05, 4.69) is 27.7 Å². The van der Waals surface area contributed by atoms with Crippen molar-refractivity contribution in [1.82, 2.24) is 0 Å². The Kier molecular flexibility index (Phi) is 2.76. The molecule has 0 aromatic carbocycles. The largest absolute Gasteiger partial charge is 0.300 e. The van der Waals surface area contributed by atoms with E-state index < -0.39 is 0 Å². The smallest absolute Gasteiger partial charge is 0.136 e. The van der Waals surface area contributed by atoms with Crippen LogP contribution >= 0.6 is 0 Å². The summed E-state index contributed by atoms with van der Waals surface area (Å²) in [6, 6.07) is 0. The third kappa shape index (κ3) is 1.45. The number of ketones is 2. The van der Waals surface area contributed by atoms with Crippen LogP contribution in [0.25, 0.3) is 0 Å². The van der Waals surface area contributed by atoms with Gasteiger partial charge in [-0.05, 0) is 36.5 Å². The van der Waals surface area contributed by atoms with Gasteiger partial charge in [0.05, 0.1) is 0 Å². The first kappa shape index (κ1) is 12.8. The molecule has 0 amide bonds. The summed E-state index contributed by atoms with van der Waals surface area (Å²) in [6.07, 6.45) is 2.64. The van der Waals surface area contributed by atoms with Crippen LogP contribution in [0.2, 0.25) is 0 Å². The maximum atomic E-state index is 12.1. The molecule has 2 nitrogen and oxygen atoms in total. The second kappa shape index (κ2) is 3.66. The van der Waals surface area contributed by atoms with Crippen LogP contribution in [0.5, 0.6) is 0 Å². The third-order valence-corrected chi connectivity index (χ3v) is 6.39. The summed E-state index contributed by atoms with van der Waals surface area (Å²) in [4.78, 5) is 23.8. The maximum absolute atomic E-state index is 12.1. The van der Waals surface area contributed by atoms with E-state index in [-0.39, 0.29) is 22.7 Å². The molecule has 0 N–H and O–H groups in total. The van der Waals surface area contributed by atoms with Gasteiger partial charge in [0.1, 0.15) is 11.6 Å². The normalized spacial score (nSPS) is 50.2. The predicted octanol–water partition coefficient (Wildman–Crippen LogP) is 3.24. The average Bonchev–Trinajstić information content (AvgIpc) is 2.41. The van der Waals surface area contributed by atoms with Crippen molar-refractivity contribution in [2.24, 2.45) is 28.6 Å². The van der Waals surface area contributed by atoms with E-state index in [0.29, 0.717) is 23.9 Å². The molecule has 0 bridgehead atoms. The predicted molar refractivity (Wildman–Crippen MR) is 67.6 cm³/mol. The van der Waals surface area contributed by atoms with Crippen LogP contribution in [0.3, 0.4) is 0 Å². The van der Waals surface area contributed by atoms with Crippen LogP contribution in [0.1, 0.15) is 53.9 Å². The summed E-state index contributed by atoms with van der Waals surface area (Å²) < 4.78 is 0. The first-order valence-electron chi connectivity index (χ1n) is 6.77. The summed E-state index contributed by atoms with van der Waals surface area (Å²) in [7, 11) is 0. The fraction of sp³-hybridized carbons (Fsp3) is 0.867. The van der Waals surface area contributed by atoms with Crippen molar-refractivity contribution in [2.75, 3.05) is 0 Å². The Balaban J connectivity index is 2.41. The highest BCUT2D eigenvalue weighted by Gasteiger charge is 2.62. The second-order valence-electron chi connectivity index (χ2n) is 6.74. The van der Waals surface area contributed by atoms with Crippen molar-refractivity contribution >= 4 is 11.6 Å². The first-order chi connectivity index (χ1) is 7.74. The van der Waals surface area contributed by atoms with E-state index in [9.17, 15) is 9.59 Å². The van der Waals surface area contributed by atoms with Crippen LogP contribution < -0.4 is 0 Å². The molecule has 17 heavy (non-hydrogen) atoms. The zero-order valence-corrected chi connectivity index (χ0v) is 11.7. The Morgan fingerprint density at radius 2 is 1.82 bits per heavy atom. The van der Waals surface area contributed by atoms with Crippen molar-refractivity contribution in [3.63, 3.8) is 0 Å². The van der Waals surface area contributed by atoms with Gasteiger partial charge in [0.2, 0.25) is 0 Å². The molecule has 2 aliphatic rings. The lowest BCUT2D eigenvalue weighted by Crippen LogP contribution is -2.49. The Hall–Kier alpha value is -0.660. The molecule has 0 saturated heterocycles. The second-order valence-corrected chi connectivity index (χ2v) is 6.74. The summed E-state index contributed by atoms with van der Waals surface area (Å²) in [5.74, 6) is 1.33. The number of hydrogen-bond acceptors (Lipinski definition) is 2. The number of Topliss-reactive ketones (excluding diaryl/α,β-unsaturated/α-hetero) is 2. The molecule has 2 saturated carbocycles. The monoisotopic (exact) mass is 236 g/mol. The average molecular weight is 236 g/mol. The molecule has 0 heterocycles. The van der Waals surface area contributed by atoms with E-state index in [0.717, 1.165) is 12.8 Å². The number of carbonyl (C=O) groups is 2. The van der Waals surface area contributed by atoms with E-state index in [1.54, 1.807) is 6.92 Å². The summed E-state index contributed by atoms with van der Waals surface area (Å²) >= 11 is 0. The molecule has 0 aromatic heterocycles. The van der Waals surface area contributed by atoms with Gasteiger partial charge in [-0.15, -0.1) is 0 Å². The number of fused-ring (bicyclic) bond motifs is 1. The molecule has 96 valence electrons. The van der Waals surface area contributed by atoms with Crippen molar-refractivity contribution in [2.45, 2.75) is 53.9 Å². The Morgan fingerprint density at radius 1 is 1.24 bits per heavy atom. The molecule has 2 aliphatic carbocycles. The van der Waals surface area contributed by atoms with Gasteiger partial charge in [-0.1, -0.05) is 27.7 Å². The van der Waals surface area contributed by atoms with Gasteiger partial charge in [-0.25, -0.2) is 0 Å². The molecular formula is C15H24O2. The Bertz CT molecular complexity index is 373. The molecule has 2 heteroatoms. The van der Waals surface area contributed by atoms with Gasteiger partial charge < -0.3 is 0 Å². The molecular weight excluding hydrogens is 212 g/mol. The van der Waals surface area contributed by atoms with Crippen molar-refractivity contribution in [3.05, 3.63) is 0 Å². The standard InChI is InChI=1S/C15H24O2/c1-9-12(11(3)16)6-7-14(4)10(2)13(17)8-15(9,14)5/h9-10,12H,6-8H2,1-5H3/t9-,10-,12+,14+,15+/m0/s1. The minimum atomic E-state index is 0.0120. The summed E-state index contributed by atoms with van der Waals surface area (Å²) in [5, 5.41) is 0. The molecule has 5 atom stereocenters. The van der Waals surface area contributed by atoms with Crippen LogP contribution in [0.4, 0.5) is 0 Å². The zero-order valence-electron chi connectivity index (χ0n) is 11.7. The van der Waals surface area contributed by atoms with Gasteiger partial charge >= 0.3 is 0 Å². The fourth-order valence-corrected chi connectivity index (χ4v) is 4.45. The zero-order chi connectivity index (χ0) is 13.0. The third-order valence-electron chi connectivity index (χ3n) is 6.39. The van der Waals surface area contributed by atoms with E-state index in [4.69, 9.17) is 0 Å². The summed E-state index contributed by atoms with van der Waals surface area (Å²) in [6.45, 7) is 10.4. The van der Waals surface area contributed by atoms with Crippen LogP contribution in [0.15, 0.2) is 0 Å². The molecule has 2 fully saturated rings.